The van der Waals surface area contributed by atoms with Crippen molar-refractivity contribution >= 4 is 70.2 Å². The molecule has 21 heteroatoms. The number of carbonyl (C=O) groups is 7. The molecule has 21 nitrogen and oxygen atoms in total. The van der Waals surface area contributed by atoms with Gasteiger partial charge in [0, 0.05) is 24.7 Å². The van der Waals surface area contributed by atoms with Crippen molar-refractivity contribution in [2.24, 2.45) is 0 Å². The van der Waals surface area contributed by atoms with Crippen molar-refractivity contribution in [2.45, 2.75) is 181 Å². The second-order valence-corrected chi connectivity index (χ2v) is 18.0. The lowest BCUT2D eigenvalue weighted by molar-refractivity contribution is -0.153. The molecule has 73 heavy (non-hydrogen) atoms. The third-order valence-corrected chi connectivity index (χ3v) is 11.9. The third kappa shape index (κ3) is 23.6. The van der Waals surface area contributed by atoms with E-state index in [2.05, 4.69) is 49.7 Å². The molecule has 7 N–H and O–H groups in total. The Bertz CT molecular complexity index is 2200. The molecule has 2 unspecified atom stereocenters. The number of nitrogens with zero attached hydrogens (tertiary/aromatic N) is 5. The first-order chi connectivity index (χ1) is 35.2. The van der Waals surface area contributed by atoms with Crippen LogP contribution in [0.5, 0.6) is 0 Å². The fourth-order valence-electron chi connectivity index (χ4n) is 7.89. The van der Waals surface area contributed by atoms with E-state index in [1.165, 1.54) is 50.4 Å². The second-order valence-electron chi connectivity index (χ2n) is 18.0. The fourth-order valence-corrected chi connectivity index (χ4v) is 7.89. The summed E-state index contributed by atoms with van der Waals surface area (Å²) < 4.78 is 20.9. The van der Waals surface area contributed by atoms with Crippen LogP contribution in [0.2, 0.25) is 0 Å². The molecule has 2 aromatic heterocycles. The Morgan fingerprint density at radius 1 is 0.575 bits per heavy atom. The van der Waals surface area contributed by atoms with Crippen molar-refractivity contribution < 1.29 is 52.5 Å². The van der Waals surface area contributed by atoms with Crippen molar-refractivity contribution in [1.82, 2.24) is 35.9 Å². The average molecular weight is 1020 g/mol. The van der Waals surface area contributed by atoms with E-state index in [9.17, 15) is 33.6 Å². The molecule has 3 atom stereocenters. The van der Waals surface area contributed by atoms with Crippen LogP contribution in [0.1, 0.15) is 172 Å². The van der Waals surface area contributed by atoms with E-state index in [4.69, 9.17) is 30.4 Å². The molecule has 0 aliphatic heterocycles. The molecule has 0 aliphatic rings. The molecule has 0 aliphatic carbocycles. The lowest BCUT2D eigenvalue weighted by Crippen LogP contribution is -2.46. The van der Waals surface area contributed by atoms with Gasteiger partial charge in [0.05, 0.1) is 31.6 Å². The maximum Gasteiger partial charge on any atom is 0.329 e. The van der Waals surface area contributed by atoms with Crippen LogP contribution in [-0.4, -0.2) is 113 Å². The second kappa shape index (κ2) is 34.7. The zero-order chi connectivity index (χ0) is 53.4. The summed E-state index contributed by atoms with van der Waals surface area (Å²) in [5.74, 6) is -5.20. The number of nitrogens with one attached hydrogen (secondary N) is 3. The molecule has 0 saturated heterocycles. The van der Waals surface area contributed by atoms with Crippen LogP contribution in [-0.2, 0) is 54.3 Å². The van der Waals surface area contributed by atoms with Crippen LogP contribution in [0.3, 0.4) is 0 Å². The summed E-state index contributed by atoms with van der Waals surface area (Å²) in [6.07, 6.45) is 18.2. The molecular weight excluding hydrogens is 941 g/mol. The number of fused-ring (bicyclic) bond motifs is 1. The predicted molar refractivity (Wildman–Crippen MR) is 276 cm³/mol. The Labute approximate surface area is 429 Å². The quantitative estimate of drug-likeness (QED) is 0.0239. The molecule has 404 valence electrons. The first-order valence-corrected chi connectivity index (χ1v) is 26.1. The molecule has 3 aromatic rings. The number of hydrogen-bond acceptors (Lipinski definition) is 18. The van der Waals surface area contributed by atoms with Gasteiger partial charge < -0.3 is 51.3 Å². The highest BCUT2D eigenvalue weighted by Gasteiger charge is 2.28. The number of hydrogen-bond donors (Lipinski definition) is 5. The number of nitrogen functional groups attached to an aromatic ring is 2. The number of rotatable bonds is 37. The Morgan fingerprint density at radius 2 is 1.05 bits per heavy atom. The topological polar surface area (TPSA) is 299 Å². The highest BCUT2D eigenvalue weighted by Crippen LogP contribution is 2.20. The number of ether oxygens (including phenoxy) is 4. The Balaban J connectivity index is 1.66. The summed E-state index contributed by atoms with van der Waals surface area (Å²) in [5.41, 5.74) is 13.6. The minimum atomic E-state index is -1.46. The first kappa shape index (κ1) is 60.6. The van der Waals surface area contributed by atoms with Gasteiger partial charge in [0.25, 0.3) is 17.7 Å². The molecule has 0 radical (unpaired) electrons. The van der Waals surface area contributed by atoms with Crippen molar-refractivity contribution in [2.75, 3.05) is 49.8 Å². The molecule has 3 amide bonds. The summed E-state index contributed by atoms with van der Waals surface area (Å²) in [5, 5.41) is 7.80. The van der Waals surface area contributed by atoms with Crippen LogP contribution in [0.15, 0.2) is 30.5 Å². The van der Waals surface area contributed by atoms with Gasteiger partial charge in [-0.3, -0.25) is 19.2 Å². The minimum Gasteiger partial charge on any atom is -0.464 e. The largest absolute Gasteiger partial charge is 0.464 e. The molecule has 1 aromatic carbocycles. The van der Waals surface area contributed by atoms with Crippen LogP contribution in [0.25, 0.3) is 11.2 Å². The molecule has 2 heterocycles. The van der Waals surface area contributed by atoms with E-state index >= 15 is 0 Å². The van der Waals surface area contributed by atoms with E-state index in [0.717, 1.165) is 57.8 Å². The minimum absolute atomic E-state index is 0.0184. The van der Waals surface area contributed by atoms with Gasteiger partial charge in [-0.15, -0.1) is 0 Å². The maximum absolute atomic E-state index is 13.7. The molecule has 0 saturated carbocycles. The molecule has 0 bridgehead atoms. The fraction of sp³-hybridized carbons (Fsp3) is 0.635. The Kier molecular flexibility index (Phi) is 28.8. The Hall–Kier alpha value is -6.67. The summed E-state index contributed by atoms with van der Waals surface area (Å²) in [6.45, 7) is 6.70. The van der Waals surface area contributed by atoms with Gasteiger partial charge in [-0.1, -0.05) is 117 Å². The summed E-state index contributed by atoms with van der Waals surface area (Å²) >= 11 is 0. The van der Waals surface area contributed by atoms with Gasteiger partial charge in [0.1, 0.15) is 18.1 Å². The normalized spacial score (nSPS) is 12.2. The number of unbranched alkanes of at least 4 members (excludes halogenated alkanes) is 14. The van der Waals surface area contributed by atoms with Crippen LogP contribution >= 0.6 is 0 Å². The summed E-state index contributed by atoms with van der Waals surface area (Å²) in [4.78, 5) is 110. The van der Waals surface area contributed by atoms with Crippen LogP contribution in [0, 0.1) is 0 Å². The zero-order valence-corrected chi connectivity index (χ0v) is 43.7. The standard InChI is InChI=1S/C52H80N10O11/c1-6-10-12-14-16-18-20-22-24-39(49(67)70-8-3)57-42(63)34-72-44(65)31-30-41(51(69)73-35-43(64)58-40(50(68)71-9-4)25-23-21-19-17-15-13-11-7-2)59-48(66)36-26-28-38(29-27-36)62(5)33-37-32-55-47-45(56-37)46(53)60-52(54)61-47/h26-29,32,39-41H,6-25,30-31,33-35H2,1-5H3,(H,57,63)(H,58,64)(H,59,66)(H4,53,54,55,60,61)/t39?,40?,41-/m0/s1. The van der Waals surface area contributed by atoms with E-state index in [1.54, 1.807) is 33.0 Å². The number of benzene rings is 1. The van der Waals surface area contributed by atoms with Crippen molar-refractivity contribution in [3.63, 3.8) is 0 Å². The zero-order valence-electron chi connectivity index (χ0n) is 43.7. The number of anilines is 3. The number of aromatic nitrogens is 4. The lowest BCUT2D eigenvalue weighted by atomic mass is 10.0. The van der Waals surface area contributed by atoms with E-state index in [0.29, 0.717) is 49.1 Å². The van der Waals surface area contributed by atoms with Gasteiger partial charge in [-0.2, -0.15) is 9.97 Å². The number of carbonyl (C=O) groups excluding carboxylic acids is 7. The van der Waals surface area contributed by atoms with Gasteiger partial charge in [0.15, 0.2) is 30.2 Å². The third-order valence-electron chi connectivity index (χ3n) is 11.9. The van der Waals surface area contributed by atoms with Crippen LogP contribution < -0.4 is 32.3 Å². The molecule has 0 fully saturated rings. The van der Waals surface area contributed by atoms with Gasteiger partial charge >= 0.3 is 23.9 Å². The van der Waals surface area contributed by atoms with E-state index in [1.807, 2.05) is 4.90 Å². The number of esters is 4. The molecule has 3 rings (SSSR count). The highest BCUT2D eigenvalue weighted by atomic mass is 16.5. The van der Waals surface area contributed by atoms with E-state index in [-0.39, 0.29) is 42.6 Å². The average Bonchev–Trinajstić information content (AvgIpc) is 3.37. The van der Waals surface area contributed by atoms with Crippen molar-refractivity contribution in [1.29, 1.82) is 0 Å². The maximum atomic E-state index is 13.7. The summed E-state index contributed by atoms with van der Waals surface area (Å²) in [7, 11) is 1.80. The number of amides is 3. The molecular formula is C52H80N10O11. The van der Waals surface area contributed by atoms with Crippen LogP contribution in [0.4, 0.5) is 17.5 Å². The monoisotopic (exact) mass is 1020 g/mol. The van der Waals surface area contributed by atoms with Crippen molar-refractivity contribution in [3.8, 4) is 0 Å². The van der Waals surface area contributed by atoms with Gasteiger partial charge in [-0.05, 0) is 57.4 Å². The highest BCUT2D eigenvalue weighted by molar-refractivity contribution is 5.97. The predicted octanol–water partition coefficient (Wildman–Crippen LogP) is 6.34. The lowest BCUT2D eigenvalue weighted by Gasteiger charge is -2.20. The summed E-state index contributed by atoms with van der Waals surface area (Å²) in [6, 6.07) is 3.09. The molecule has 0 spiro atoms. The first-order valence-electron chi connectivity index (χ1n) is 26.1. The number of nitrogens with two attached hydrogens (primary N) is 2. The van der Waals surface area contributed by atoms with E-state index < -0.39 is 79.4 Å². The van der Waals surface area contributed by atoms with Crippen molar-refractivity contribution in [3.05, 3.63) is 41.7 Å². The van der Waals surface area contributed by atoms with Gasteiger partial charge in [0.2, 0.25) is 5.95 Å². The SMILES string of the molecule is CCCCCCCCCCC(NC(=O)COC(=O)CC[C@H](NC(=O)c1ccc(N(C)Cc2cnc3nc(N)nc(N)c3n2)cc1)C(=O)OCC(=O)NC(CCCCCCCCCC)C(=O)OCC)C(=O)OCC. The van der Waals surface area contributed by atoms with Gasteiger partial charge in [-0.25, -0.2) is 24.4 Å². The Morgan fingerprint density at radius 3 is 1.58 bits per heavy atom. The smallest absolute Gasteiger partial charge is 0.329 e.